The maximum Gasteiger partial charge on any atom is 0.126 e. The molecule has 4 nitrogen and oxygen atoms in total. The van der Waals surface area contributed by atoms with Crippen LogP contribution in [-0.2, 0) is 6.54 Å². The van der Waals surface area contributed by atoms with Gasteiger partial charge in [0.05, 0.1) is 6.04 Å². The lowest BCUT2D eigenvalue weighted by atomic mass is 10.3. The third-order valence-electron chi connectivity index (χ3n) is 1.73. The monoisotopic (exact) mass is 154 g/mol. The van der Waals surface area contributed by atoms with Crippen molar-refractivity contribution in [3.8, 4) is 0 Å². The van der Waals surface area contributed by atoms with Crippen molar-refractivity contribution in [3.63, 3.8) is 0 Å². The SMILES string of the molecule is CCn1ccnc1C(C)NN. The first-order chi connectivity index (χ1) is 5.29. The third-order valence-corrected chi connectivity index (χ3v) is 1.73. The van der Waals surface area contributed by atoms with Gasteiger partial charge < -0.3 is 4.57 Å². The van der Waals surface area contributed by atoms with E-state index in [0.29, 0.717) is 0 Å². The average Bonchev–Trinajstić information content (AvgIpc) is 2.50. The number of hydrogen-bond acceptors (Lipinski definition) is 3. The van der Waals surface area contributed by atoms with Gasteiger partial charge in [-0.2, -0.15) is 0 Å². The molecule has 0 radical (unpaired) electrons. The first-order valence-electron chi connectivity index (χ1n) is 3.76. The van der Waals surface area contributed by atoms with Crippen LogP contribution in [0.15, 0.2) is 12.4 Å². The molecule has 0 fully saturated rings. The lowest BCUT2D eigenvalue weighted by Crippen LogP contribution is -2.27. The Kier molecular flexibility index (Phi) is 2.62. The van der Waals surface area contributed by atoms with E-state index in [0.717, 1.165) is 12.4 Å². The molecule has 1 unspecified atom stereocenters. The lowest BCUT2D eigenvalue weighted by molar-refractivity contribution is 0.534. The van der Waals surface area contributed by atoms with Gasteiger partial charge in [-0.25, -0.2) is 4.98 Å². The van der Waals surface area contributed by atoms with E-state index in [2.05, 4.69) is 21.9 Å². The normalized spacial score (nSPS) is 13.4. The Hall–Kier alpha value is -0.870. The molecule has 1 atom stereocenters. The number of rotatable bonds is 3. The smallest absolute Gasteiger partial charge is 0.126 e. The quantitative estimate of drug-likeness (QED) is 0.490. The summed E-state index contributed by atoms with van der Waals surface area (Å²) in [6.45, 7) is 4.99. The van der Waals surface area contributed by atoms with Crippen molar-refractivity contribution in [3.05, 3.63) is 18.2 Å². The van der Waals surface area contributed by atoms with Gasteiger partial charge in [-0.05, 0) is 13.8 Å². The molecule has 1 heterocycles. The highest BCUT2D eigenvalue weighted by molar-refractivity contribution is 4.96. The van der Waals surface area contributed by atoms with Crippen LogP contribution in [0, 0.1) is 0 Å². The summed E-state index contributed by atoms with van der Waals surface area (Å²) in [5.74, 6) is 6.26. The Morgan fingerprint density at radius 1 is 1.82 bits per heavy atom. The molecule has 3 N–H and O–H groups in total. The van der Waals surface area contributed by atoms with Crippen molar-refractivity contribution >= 4 is 0 Å². The predicted molar refractivity (Wildman–Crippen MR) is 43.6 cm³/mol. The Labute approximate surface area is 66.4 Å². The van der Waals surface area contributed by atoms with E-state index in [9.17, 15) is 0 Å². The van der Waals surface area contributed by atoms with Crippen LogP contribution in [0.25, 0.3) is 0 Å². The van der Waals surface area contributed by atoms with E-state index in [4.69, 9.17) is 5.84 Å². The highest BCUT2D eigenvalue weighted by Crippen LogP contribution is 2.07. The van der Waals surface area contributed by atoms with Gasteiger partial charge >= 0.3 is 0 Å². The Morgan fingerprint density at radius 2 is 2.55 bits per heavy atom. The number of imidazole rings is 1. The summed E-state index contributed by atoms with van der Waals surface area (Å²) in [6.07, 6.45) is 3.73. The van der Waals surface area contributed by atoms with Gasteiger partial charge in [-0.3, -0.25) is 11.3 Å². The molecule has 0 aromatic carbocycles. The Bertz CT molecular complexity index is 218. The van der Waals surface area contributed by atoms with Crippen molar-refractivity contribution < 1.29 is 0 Å². The standard InChI is InChI=1S/C7H14N4/c1-3-11-5-4-9-7(11)6(2)10-8/h4-6,10H,3,8H2,1-2H3. The van der Waals surface area contributed by atoms with Crippen molar-refractivity contribution in [1.82, 2.24) is 15.0 Å². The van der Waals surface area contributed by atoms with Gasteiger partial charge in [0.15, 0.2) is 0 Å². The summed E-state index contributed by atoms with van der Waals surface area (Å²) in [7, 11) is 0. The number of nitrogens with one attached hydrogen (secondary N) is 1. The number of hydrazine groups is 1. The molecular formula is C7H14N4. The minimum absolute atomic E-state index is 0.116. The van der Waals surface area contributed by atoms with Gasteiger partial charge in [0.25, 0.3) is 0 Å². The average molecular weight is 154 g/mol. The zero-order chi connectivity index (χ0) is 8.27. The highest BCUT2D eigenvalue weighted by atomic mass is 15.3. The Balaban J connectivity index is 2.83. The van der Waals surface area contributed by atoms with Crippen LogP contribution in [0.4, 0.5) is 0 Å². The summed E-state index contributed by atoms with van der Waals surface area (Å²) in [5.41, 5.74) is 2.66. The Morgan fingerprint density at radius 3 is 3.09 bits per heavy atom. The molecule has 0 saturated carbocycles. The van der Waals surface area contributed by atoms with Crippen molar-refractivity contribution in [2.24, 2.45) is 5.84 Å². The summed E-state index contributed by atoms with van der Waals surface area (Å²) < 4.78 is 2.06. The first-order valence-corrected chi connectivity index (χ1v) is 3.76. The van der Waals surface area contributed by atoms with Crippen LogP contribution in [0.2, 0.25) is 0 Å². The number of nitrogens with two attached hydrogens (primary N) is 1. The molecule has 1 rings (SSSR count). The molecular weight excluding hydrogens is 140 g/mol. The van der Waals surface area contributed by atoms with Crippen molar-refractivity contribution in [2.75, 3.05) is 0 Å². The molecule has 0 saturated heterocycles. The minimum atomic E-state index is 0.116. The third kappa shape index (κ3) is 1.58. The van der Waals surface area contributed by atoms with Crippen LogP contribution in [0.5, 0.6) is 0 Å². The van der Waals surface area contributed by atoms with Crippen LogP contribution >= 0.6 is 0 Å². The second kappa shape index (κ2) is 3.50. The number of nitrogens with zero attached hydrogens (tertiary/aromatic N) is 2. The first kappa shape index (κ1) is 8.23. The number of aromatic nitrogens is 2. The van der Waals surface area contributed by atoms with Gasteiger partial charge in [0, 0.05) is 18.9 Å². The molecule has 0 aliphatic rings. The van der Waals surface area contributed by atoms with Gasteiger partial charge in [0.2, 0.25) is 0 Å². The minimum Gasteiger partial charge on any atom is -0.334 e. The fraction of sp³-hybridized carbons (Fsp3) is 0.571. The maximum atomic E-state index is 5.28. The van der Waals surface area contributed by atoms with Crippen LogP contribution in [0.3, 0.4) is 0 Å². The molecule has 0 aliphatic heterocycles. The van der Waals surface area contributed by atoms with Crippen molar-refractivity contribution in [1.29, 1.82) is 0 Å². The van der Waals surface area contributed by atoms with Crippen LogP contribution in [0.1, 0.15) is 25.7 Å². The fourth-order valence-electron chi connectivity index (χ4n) is 1.04. The summed E-state index contributed by atoms with van der Waals surface area (Å²) in [6, 6.07) is 0.116. The molecule has 11 heavy (non-hydrogen) atoms. The van der Waals surface area contributed by atoms with Crippen LogP contribution in [-0.4, -0.2) is 9.55 Å². The predicted octanol–water partition coefficient (Wildman–Crippen LogP) is 0.427. The lowest BCUT2D eigenvalue weighted by Gasteiger charge is -2.10. The molecule has 62 valence electrons. The maximum absolute atomic E-state index is 5.28. The van der Waals surface area contributed by atoms with Crippen LogP contribution < -0.4 is 11.3 Å². The second-order valence-corrected chi connectivity index (χ2v) is 2.46. The van der Waals surface area contributed by atoms with Crippen molar-refractivity contribution in [2.45, 2.75) is 26.4 Å². The molecule has 1 aromatic heterocycles. The van der Waals surface area contributed by atoms with E-state index in [1.807, 2.05) is 13.1 Å². The number of aryl methyl sites for hydroxylation is 1. The van der Waals surface area contributed by atoms with E-state index in [1.165, 1.54) is 0 Å². The van der Waals surface area contributed by atoms with Gasteiger partial charge in [-0.1, -0.05) is 0 Å². The van der Waals surface area contributed by atoms with E-state index in [-0.39, 0.29) is 6.04 Å². The molecule has 0 bridgehead atoms. The van der Waals surface area contributed by atoms with Gasteiger partial charge in [-0.15, -0.1) is 0 Å². The summed E-state index contributed by atoms with van der Waals surface area (Å²) in [4.78, 5) is 4.18. The fourth-order valence-corrected chi connectivity index (χ4v) is 1.04. The number of hydrogen-bond donors (Lipinski definition) is 2. The van der Waals surface area contributed by atoms with E-state index >= 15 is 0 Å². The highest BCUT2D eigenvalue weighted by Gasteiger charge is 2.07. The molecule has 0 spiro atoms. The summed E-state index contributed by atoms with van der Waals surface area (Å²) >= 11 is 0. The van der Waals surface area contributed by atoms with E-state index in [1.54, 1.807) is 6.20 Å². The zero-order valence-electron chi connectivity index (χ0n) is 6.91. The van der Waals surface area contributed by atoms with Gasteiger partial charge in [0.1, 0.15) is 5.82 Å². The topological polar surface area (TPSA) is 55.9 Å². The molecule has 4 heteroatoms. The molecule has 0 amide bonds. The second-order valence-electron chi connectivity index (χ2n) is 2.46. The largest absolute Gasteiger partial charge is 0.334 e. The molecule has 0 aliphatic carbocycles. The van der Waals surface area contributed by atoms with E-state index < -0.39 is 0 Å². The summed E-state index contributed by atoms with van der Waals surface area (Å²) in [5, 5.41) is 0. The zero-order valence-corrected chi connectivity index (χ0v) is 6.91. The molecule has 1 aromatic rings.